The Hall–Kier alpha value is -1.73. The minimum Gasteiger partial charge on any atom is -0.381 e. The smallest absolute Gasteiger partial charge is 0.244 e. The summed E-state index contributed by atoms with van der Waals surface area (Å²) in [5, 5.41) is 12.1. The first kappa shape index (κ1) is 17.1. The fourth-order valence-electron chi connectivity index (χ4n) is 3.11. The Morgan fingerprint density at radius 1 is 1.29 bits per heavy atom. The van der Waals surface area contributed by atoms with Gasteiger partial charge in [0, 0.05) is 37.6 Å². The van der Waals surface area contributed by atoms with Gasteiger partial charge in [-0.25, -0.2) is 0 Å². The number of hydrogen-bond donors (Lipinski definition) is 1. The number of rotatable bonds is 7. The van der Waals surface area contributed by atoms with Gasteiger partial charge in [0.2, 0.25) is 5.89 Å². The quantitative estimate of drug-likeness (QED) is 0.839. The van der Waals surface area contributed by atoms with Gasteiger partial charge in [-0.2, -0.15) is 10.1 Å². The van der Waals surface area contributed by atoms with Gasteiger partial charge in [0.25, 0.3) is 0 Å². The lowest BCUT2D eigenvalue weighted by Crippen LogP contribution is -2.39. The van der Waals surface area contributed by atoms with Gasteiger partial charge in [-0.1, -0.05) is 19.0 Å². The molecule has 0 bridgehead atoms. The minimum atomic E-state index is 0.0551. The zero-order valence-electron chi connectivity index (χ0n) is 14.7. The molecule has 24 heavy (non-hydrogen) atoms. The van der Waals surface area contributed by atoms with E-state index in [4.69, 9.17) is 9.26 Å². The molecule has 0 unspecified atom stereocenters. The Morgan fingerprint density at radius 3 is 2.71 bits per heavy atom. The highest BCUT2D eigenvalue weighted by molar-refractivity contribution is 4.99. The van der Waals surface area contributed by atoms with Crippen LogP contribution in [0.5, 0.6) is 0 Å². The average molecular weight is 333 g/mol. The third-order valence-corrected chi connectivity index (χ3v) is 4.46. The Bertz CT molecular complexity index is 604. The summed E-state index contributed by atoms with van der Waals surface area (Å²) in [4.78, 5) is 4.63. The molecular formula is C17H27N5O2. The minimum absolute atomic E-state index is 0.0551. The van der Waals surface area contributed by atoms with Crippen LogP contribution in [0.3, 0.4) is 0 Å². The third kappa shape index (κ3) is 4.21. The highest BCUT2D eigenvalue weighted by atomic mass is 16.5. The molecule has 1 saturated heterocycles. The molecule has 1 N–H and O–H groups in total. The van der Waals surface area contributed by atoms with Crippen LogP contribution in [0.25, 0.3) is 0 Å². The average Bonchev–Trinajstić information content (AvgIpc) is 3.25. The number of aromatic nitrogens is 4. The molecular weight excluding hydrogens is 306 g/mol. The zero-order chi connectivity index (χ0) is 16.9. The van der Waals surface area contributed by atoms with E-state index in [0.29, 0.717) is 11.8 Å². The summed E-state index contributed by atoms with van der Waals surface area (Å²) in [6.45, 7) is 8.70. The lowest BCUT2D eigenvalue weighted by Gasteiger charge is -2.30. The van der Waals surface area contributed by atoms with E-state index in [1.165, 1.54) is 0 Å². The van der Waals surface area contributed by atoms with Gasteiger partial charge in [-0.15, -0.1) is 0 Å². The molecule has 2 aromatic heterocycles. The molecule has 3 heterocycles. The van der Waals surface area contributed by atoms with E-state index >= 15 is 0 Å². The second kappa shape index (κ2) is 7.90. The van der Waals surface area contributed by atoms with Crippen molar-refractivity contribution in [1.29, 1.82) is 0 Å². The van der Waals surface area contributed by atoms with Gasteiger partial charge in [0.1, 0.15) is 0 Å². The lowest BCUT2D eigenvalue weighted by molar-refractivity contribution is 0.0466. The summed E-state index contributed by atoms with van der Waals surface area (Å²) in [7, 11) is 0. The van der Waals surface area contributed by atoms with Crippen LogP contribution in [-0.4, -0.2) is 39.2 Å². The largest absolute Gasteiger partial charge is 0.381 e. The standard InChI is InChI=1S/C17H27N5O2/c1-12(2)16-20-17(24-21-16)15(14-5-9-23-10-6-14)19-13(3)11-22-8-4-7-18-22/h4,7-8,12-15,19H,5-6,9-11H2,1-3H3/t13-,15-/m0/s1. The third-order valence-electron chi connectivity index (χ3n) is 4.46. The van der Waals surface area contributed by atoms with E-state index in [2.05, 4.69) is 41.3 Å². The van der Waals surface area contributed by atoms with Gasteiger partial charge < -0.3 is 14.6 Å². The van der Waals surface area contributed by atoms with Gasteiger partial charge in [0.15, 0.2) is 5.82 Å². The molecule has 0 amide bonds. The normalized spacial score (nSPS) is 18.8. The molecule has 132 valence electrons. The lowest BCUT2D eigenvalue weighted by atomic mass is 9.91. The van der Waals surface area contributed by atoms with Crippen molar-refractivity contribution in [1.82, 2.24) is 25.2 Å². The Labute approximate surface area is 142 Å². The van der Waals surface area contributed by atoms with Gasteiger partial charge in [-0.3, -0.25) is 4.68 Å². The molecule has 2 aromatic rings. The van der Waals surface area contributed by atoms with Gasteiger partial charge in [0.05, 0.1) is 12.6 Å². The Morgan fingerprint density at radius 2 is 2.08 bits per heavy atom. The summed E-state index contributed by atoms with van der Waals surface area (Å²) in [6, 6.07) is 2.24. The Kier molecular flexibility index (Phi) is 5.63. The Balaban J connectivity index is 1.73. The predicted octanol–water partition coefficient (Wildman–Crippen LogP) is 2.54. The van der Waals surface area contributed by atoms with E-state index in [9.17, 15) is 0 Å². The van der Waals surface area contributed by atoms with Crippen molar-refractivity contribution in [3.63, 3.8) is 0 Å². The van der Waals surface area contributed by atoms with Crippen LogP contribution in [0, 0.1) is 5.92 Å². The van der Waals surface area contributed by atoms with Gasteiger partial charge in [-0.05, 0) is 31.7 Å². The van der Waals surface area contributed by atoms with E-state index in [1.807, 2.05) is 16.9 Å². The molecule has 0 aliphatic carbocycles. The van der Waals surface area contributed by atoms with E-state index in [1.54, 1.807) is 6.20 Å². The number of ether oxygens (including phenoxy) is 1. The molecule has 0 saturated carbocycles. The van der Waals surface area contributed by atoms with Gasteiger partial charge >= 0.3 is 0 Å². The van der Waals surface area contributed by atoms with Crippen LogP contribution in [0.4, 0.5) is 0 Å². The van der Waals surface area contributed by atoms with E-state index in [0.717, 1.165) is 38.4 Å². The van der Waals surface area contributed by atoms with Crippen LogP contribution in [-0.2, 0) is 11.3 Å². The van der Waals surface area contributed by atoms with Crippen molar-refractivity contribution in [2.24, 2.45) is 5.92 Å². The summed E-state index contributed by atoms with van der Waals surface area (Å²) < 4.78 is 13.0. The van der Waals surface area contributed by atoms with Crippen molar-refractivity contribution in [3.05, 3.63) is 30.2 Å². The summed E-state index contributed by atoms with van der Waals surface area (Å²) in [6.07, 6.45) is 5.79. The molecule has 0 aromatic carbocycles. The van der Waals surface area contributed by atoms with Crippen LogP contribution in [0.1, 0.15) is 57.3 Å². The first-order valence-electron chi connectivity index (χ1n) is 8.78. The van der Waals surface area contributed by atoms with Crippen molar-refractivity contribution in [2.45, 2.75) is 58.2 Å². The molecule has 3 rings (SSSR count). The molecule has 7 heteroatoms. The summed E-state index contributed by atoms with van der Waals surface area (Å²) in [5.74, 6) is 2.17. The molecule has 1 aliphatic rings. The fraction of sp³-hybridized carbons (Fsp3) is 0.706. The highest BCUT2D eigenvalue weighted by Gasteiger charge is 2.31. The summed E-state index contributed by atoms with van der Waals surface area (Å²) >= 11 is 0. The fourth-order valence-corrected chi connectivity index (χ4v) is 3.11. The molecule has 7 nitrogen and oxygen atoms in total. The van der Waals surface area contributed by atoms with Crippen LogP contribution in [0.15, 0.2) is 23.0 Å². The highest BCUT2D eigenvalue weighted by Crippen LogP contribution is 2.30. The zero-order valence-corrected chi connectivity index (χ0v) is 14.7. The predicted molar refractivity (Wildman–Crippen MR) is 89.5 cm³/mol. The second-order valence-electron chi connectivity index (χ2n) is 6.87. The number of hydrogen-bond acceptors (Lipinski definition) is 6. The van der Waals surface area contributed by atoms with Crippen molar-refractivity contribution >= 4 is 0 Å². The van der Waals surface area contributed by atoms with Crippen molar-refractivity contribution < 1.29 is 9.26 Å². The molecule has 1 fully saturated rings. The molecule has 2 atom stereocenters. The maximum atomic E-state index is 5.59. The van der Waals surface area contributed by atoms with E-state index in [-0.39, 0.29) is 18.0 Å². The number of nitrogens with zero attached hydrogens (tertiary/aromatic N) is 4. The second-order valence-corrected chi connectivity index (χ2v) is 6.87. The topological polar surface area (TPSA) is 78.0 Å². The van der Waals surface area contributed by atoms with Crippen LogP contribution < -0.4 is 5.32 Å². The maximum absolute atomic E-state index is 5.59. The first-order valence-corrected chi connectivity index (χ1v) is 8.78. The van der Waals surface area contributed by atoms with Crippen LogP contribution in [0.2, 0.25) is 0 Å². The van der Waals surface area contributed by atoms with Crippen LogP contribution >= 0.6 is 0 Å². The SMILES string of the molecule is CC(C)c1noc([C@@H](N[C@@H](C)Cn2cccn2)C2CCOCC2)n1. The first-order chi connectivity index (χ1) is 11.6. The molecule has 1 aliphatic heterocycles. The van der Waals surface area contributed by atoms with E-state index < -0.39 is 0 Å². The summed E-state index contributed by atoms with van der Waals surface area (Å²) in [5.41, 5.74) is 0. The number of nitrogens with one attached hydrogen (secondary N) is 1. The van der Waals surface area contributed by atoms with Crippen molar-refractivity contribution in [3.8, 4) is 0 Å². The van der Waals surface area contributed by atoms with Crippen molar-refractivity contribution in [2.75, 3.05) is 13.2 Å². The monoisotopic (exact) mass is 333 g/mol. The molecule has 0 radical (unpaired) electrons. The maximum Gasteiger partial charge on any atom is 0.244 e. The molecule has 0 spiro atoms.